The van der Waals surface area contributed by atoms with Crippen LogP contribution in [-0.2, 0) is 16.1 Å². The molecule has 4 amide bonds. The Bertz CT molecular complexity index is 956. The van der Waals surface area contributed by atoms with Crippen LogP contribution in [0.2, 0.25) is 0 Å². The number of rotatable bonds is 6. The van der Waals surface area contributed by atoms with Crippen molar-refractivity contribution in [2.45, 2.75) is 45.7 Å². The van der Waals surface area contributed by atoms with Crippen LogP contribution in [0, 0.1) is 6.92 Å². The van der Waals surface area contributed by atoms with Gasteiger partial charge in [0.15, 0.2) is 4.80 Å². The molecule has 1 fully saturated rings. The number of carbonyl (C=O) groups excluding carboxylic acids is 3. The molecule has 28 heavy (non-hydrogen) atoms. The lowest BCUT2D eigenvalue weighted by Gasteiger charge is -2.15. The fourth-order valence-electron chi connectivity index (χ4n) is 2.97. The summed E-state index contributed by atoms with van der Waals surface area (Å²) in [5.41, 5.74) is 1.45. The normalized spacial score (nSPS) is 16.5. The Labute approximate surface area is 167 Å². The quantitative estimate of drug-likeness (QED) is 0.756. The Morgan fingerprint density at radius 1 is 1.21 bits per heavy atom. The number of hydrogen-bond acceptors (Lipinski definition) is 4. The smallest absolute Gasteiger partial charge is 0.324 e. The van der Waals surface area contributed by atoms with Gasteiger partial charge in [0.25, 0.3) is 5.91 Å². The van der Waals surface area contributed by atoms with Crippen molar-refractivity contribution in [3.8, 4) is 0 Å². The van der Waals surface area contributed by atoms with Crippen molar-refractivity contribution >= 4 is 29.2 Å². The second kappa shape index (κ2) is 8.10. The summed E-state index contributed by atoms with van der Waals surface area (Å²) >= 11 is 1.41. The van der Waals surface area contributed by atoms with E-state index in [0.717, 1.165) is 10.5 Å². The van der Waals surface area contributed by atoms with Crippen LogP contribution in [0.5, 0.6) is 0 Å². The molecule has 3 rings (SSSR count). The van der Waals surface area contributed by atoms with Crippen molar-refractivity contribution in [1.82, 2.24) is 14.8 Å². The van der Waals surface area contributed by atoms with E-state index in [1.54, 1.807) is 13.8 Å². The minimum atomic E-state index is -0.885. The highest BCUT2D eigenvalue weighted by Gasteiger charge is 2.43. The van der Waals surface area contributed by atoms with E-state index >= 15 is 0 Å². The van der Waals surface area contributed by atoms with Gasteiger partial charge in [-0.1, -0.05) is 29.8 Å². The molecule has 0 atom stereocenters. The molecule has 8 heteroatoms. The van der Waals surface area contributed by atoms with Gasteiger partial charge in [-0.2, -0.15) is 4.99 Å². The van der Waals surface area contributed by atoms with E-state index in [2.05, 4.69) is 34.6 Å². The van der Waals surface area contributed by atoms with Crippen molar-refractivity contribution in [1.29, 1.82) is 0 Å². The second-order valence-corrected chi connectivity index (χ2v) is 8.29. The molecule has 0 bridgehead atoms. The predicted octanol–water partition coefficient (Wildman–Crippen LogP) is 2.44. The Balaban J connectivity index is 1.58. The fraction of sp³-hybridized carbons (Fsp3) is 0.400. The van der Waals surface area contributed by atoms with E-state index in [1.807, 2.05) is 23.1 Å². The zero-order valence-electron chi connectivity index (χ0n) is 16.3. The number of nitrogens with zero attached hydrogens (tertiary/aromatic N) is 3. The van der Waals surface area contributed by atoms with E-state index < -0.39 is 11.6 Å². The van der Waals surface area contributed by atoms with Crippen LogP contribution in [0.4, 0.5) is 4.79 Å². The van der Waals surface area contributed by atoms with Gasteiger partial charge >= 0.3 is 6.03 Å². The van der Waals surface area contributed by atoms with Gasteiger partial charge in [-0.05, 0) is 32.8 Å². The first kappa shape index (κ1) is 20.0. The molecule has 7 nitrogen and oxygen atoms in total. The minimum Gasteiger partial charge on any atom is -0.324 e. The van der Waals surface area contributed by atoms with Gasteiger partial charge < -0.3 is 9.88 Å². The minimum absolute atomic E-state index is 0.180. The first-order chi connectivity index (χ1) is 13.3. The molecule has 1 aromatic heterocycles. The molecule has 0 spiro atoms. The van der Waals surface area contributed by atoms with Crippen molar-refractivity contribution in [3.05, 3.63) is 51.8 Å². The lowest BCUT2D eigenvalue weighted by molar-refractivity contribution is -0.130. The molecule has 0 unspecified atom stereocenters. The largest absolute Gasteiger partial charge is 0.325 e. The highest BCUT2D eigenvalue weighted by Crippen LogP contribution is 2.17. The van der Waals surface area contributed by atoms with Gasteiger partial charge in [0, 0.05) is 31.1 Å². The number of carbonyl (C=O) groups is 3. The summed E-state index contributed by atoms with van der Waals surface area (Å²) in [6.45, 7) is 6.23. The SMILES string of the molecule is Cc1ccc(Cn2ccsc2=NC(=O)CCCN2C(=O)NC(C)(C)C2=O)cc1. The third-order valence-electron chi connectivity index (χ3n) is 4.57. The monoisotopic (exact) mass is 400 g/mol. The van der Waals surface area contributed by atoms with Gasteiger partial charge in [-0.25, -0.2) is 4.79 Å². The first-order valence-electron chi connectivity index (χ1n) is 9.17. The number of nitrogens with one attached hydrogen (secondary N) is 1. The van der Waals surface area contributed by atoms with Gasteiger partial charge in [-0.3, -0.25) is 14.5 Å². The first-order valence-corrected chi connectivity index (χ1v) is 10.1. The van der Waals surface area contributed by atoms with Crippen molar-refractivity contribution in [2.24, 2.45) is 4.99 Å². The summed E-state index contributed by atoms with van der Waals surface area (Å²) < 4.78 is 1.94. The number of thiazole rings is 1. The zero-order valence-corrected chi connectivity index (χ0v) is 17.1. The number of aryl methyl sites for hydroxylation is 1. The molecule has 148 valence electrons. The van der Waals surface area contributed by atoms with Crippen LogP contribution in [0.1, 0.15) is 37.8 Å². The van der Waals surface area contributed by atoms with Crippen LogP contribution >= 0.6 is 11.3 Å². The van der Waals surface area contributed by atoms with E-state index in [1.165, 1.54) is 16.9 Å². The number of imide groups is 1. The van der Waals surface area contributed by atoms with Crippen molar-refractivity contribution in [2.75, 3.05) is 6.54 Å². The molecule has 1 aromatic carbocycles. The maximum Gasteiger partial charge on any atom is 0.325 e. The highest BCUT2D eigenvalue weighted by atomic mass is 32.1. The Kier molecular flexibility index (Phi) is 5.79. The van der Waals surface area contributed by atoms with Crippen LogP contribution in [0.25, 0.3) is 0 Å². The molecule has 2 heterocycles. The fourth-order valence-corrected chi connectivity index (χ4v) is 3.71. The molecular formula is C20H24N4O3S. The summed E-state index contributed by atoms with van der Waals surface area (Å²) in [7, 11) is 0. The van der Waals surface area contributed by atoms with Crippen molar-refractivity contribution < 1.29 is 14.4 Å². The zero-order chi connectivity index (χ0) is 20.3. The number of amides is 4. The molecule has 1 aliphatic rings. The number of hydrogen-bond donors (Lipinski definition) is 1. The summed E-state index contributed by atoms with van der Waals surface area (Å²) in [6, 6.07) is 7.83. The van der Waals surface area contributed by atoms with E-state index in [9.17, 15) is 14.4 Å². The molecule has 1 saturated heterocycles. The van der Waals surface area contributed by atoms with Gasteiger partial charge in [0.2, 0.25) is 5.91 Å². The van der Waals surface area contributed by atoms with Crippen LogP contribution < -0.4 is 10.1 Å². The van der Waals surface area contributed by atoms with Gasteiger partial charge in [0.05, 0.1) is 0 Å². The molecule has 2 aromatic rings. The molecule has 1 aliphatic heterocycles. The summed E-state index contributed by atoms with van der Waals surface area (Å²) in [4.78, 5) is 42.2. The van der Waals surface area contributed by atoms with E-state index in [-0.39, 0.29) is 24.8 Å². The van der Waals surface area contributed by atoms with E-state index in [4.69, 9.17) is 0 Å². The topological polar surface area (TPSA) is 83.8 Å². The van der Waals surface area contributed by atoms with E-state index in [0.29, 0.717) is 17.8 Å². The average Bonchev–Trinajstić information content (AvgIpc) is 3.13. The van der Waals surface area contributed by atoms with Crippen LogP contribution in [-0.4, -0.2) is 39.4 Å². The third kappa shape index (κ3) is 4.56. The molecule has 0 saturated carbocycles. The lowest BCUT2D eigenvalue weighted by atomic mass is 10.1. The number of aromatic nitrogens is 1. The maximum atomic E-state index is 12.2. The van der Waals surface area contributed by atoms with Crippen LogP contribution in [0.3, 0.4) is 0 Å². The van der Waals surface area contributed by atoms with Crippen LogP contribution in [0.15, 0.2) is 40.8 Å². The van der Waals surface area contributed by atoms with Gasteiger partial charge in [-0.15, -0.1) is 11.3 Å². The average molecular weight is 401 g/mol. The summed E-state index contributed by atoms with van der Waals surface area (Å²) in [5, 5.41) is 4.53. The standard InChI is InChI=1S/C20H24N4O3S/c1-14-6-8-15(9-7-14)13-23-11-12-28-19(23)21-16(25)5-4-10-24-17(26)20(2,3)22-18(24)27/h6-9,11-12H,4-5,10,13H2,1-3H3,(H,22,27). The molecule has 1 N–H and O–H groups in total. The molecule has 0 radical (unpaired) electrons. The molecular weight excluding hydrogens is 376 g/mol. The highest BCUT2D eigenvalue weighted by molar-refractivity contribution is 7.07. The third-order valence-corrected chi connectivity index (χ3v) is 5.36. The summed E-state index contributed by atoms with van der Waals surface area (Å²) in [5.74, 6) is -0.525. The lowest BCUT2D eigenvalue weighted by Crippen LogP contribution is -2.40. The Morgan fingerprint density at radius 2 is 1.93 bits per heavy atom. The number of benzene rings is 1. The predicted molar refractivity (Wildman–Crippen MR) is 107 cm³/mol. The maximum absolute atomic E-state index is 12.2. The number of urea groups is 1. The second-order valence-electron chi connectivity index (χ2n) is 7.42. The molecule has 0 aliphatic carbocycles. The van der Waals surface area contributed by atoms with Crippen molar-refractivity contribution in [3.63, 3.8) is 0 Å². The Morgan fingerprint density at radius 3 is 2.57 bits per heavy atom. The van der Waals surface area contributed by atoms with Gasteiger partial charge in [0.1, 0.15) is 5.54 Å². The summed E-state index contributed by atoms with van der Waals surface area (Å²) in [6.07, 6.45) is 2.48. The Hall–Kier alpha value is -2.74.